The third-order valence-electron chi connectivity index (χ3n) is 3.93. The molecule has 0 aromatic heterocycles. The monoisotopic (exact) mass is 328 g/mol. The molecule has 0 aliphatic heterocycles. The van der Waals surface area contributed by atoms with Gasteiger partial charge >= 0.3 is 6.03 Å². The number of carbonyl (C=O) groups is 1. The normalized spacial score (nSPS) is 11.5. The SMILES string of the molecule is CC[C@@H](CNC(=O)Nc1cc(OC)ccc1OC)c1ccccc1. The summed E-state index contributed by atoms with van der Waals surface area (Å²) >= 11 is 0. The summed E-state index contributed by atoms with van der Waals surface area (Å²) in [6.07, 6.45) is 0.951. The van der Waals surface area contributed by atoms with E-state index in [2.05, 4.69) is 29.7 Å². The molecule has 1 atom stereocenters. The topological polar surface area (TPSA) is 59.6 Å². The van der Waals surface area contributed by atoms with E-state index in [0.717, 1.165) is 6.42 Å². The Balaban J connectivity index is 1.98. The fourth-order valence-electron chi connectivity index (χ4n) is 2.52. The molecule has 0 unspecified atom stereocenters. The van der Waals surface area contributed by atoms with Crippen LogP contribution < -0.4 is 20.1 Å². The molecule has 0 bridgehead atoms. The summed E-state index contributed by atoms with van der Waals surface area (Å²) in [6.45, 7) is 2.68. The summed E-state index contributed by atoms with van der Waals surface area (Å²) in [5.41, 5.74) is 1.79. The predicted octanol–water partition coefficient (Wildman–Crippen LogP) is 4.02. The highest BCUT2D eigenvalue weighted by molar-refractivity contribution is 5.91. The molecule has 2 aromatic rings. The van der Waals surface area contributed by atoms with Crippen LogP contribution >= 0.6 is 0 Å². The lowest BCUT2D eigenvalue weighted by atomic mass is 9.97. The van der Waals surface area contributed by atoms with Crippen molar-refractivity contribution >= 4 is 11.7 Å². The lowest BCUT2D eigenvalue weighted by Crippen LogP contribution is -2.32. The summed E-state index contributed by atoms with van der Waals surface area (Å²) in [7, 11) is 3.14. The molecule has 2 N–H and O–H groups in total. The van der Waals surface area contributed by atoms with Crippen LogP contribution in [0.5, 0.6) is 11.5 Å². The second-order valence-electron chi connectivity index (χ2n) is 5.42. The number of nitrogens with one attached hydrogen (secondary N) is 2. The molecule has 128 valence electrons. The van der Waals surface area contributed by atoms with Crippen molar-refractivity contribution in [3.05, 3.63) is 54.1 Å². The number of ether oxygens (including phenoxy) is 2. The van der Waals surface area contributed by atoms with Gasteiger partial charge in [0.2, 0.25) is 0 Å². The Morgan fingerprint density at radius 3 is 2.46 bits per heavy atom. The summed E-state index contributed by atoms with van der Waals surface area (Å²) in [4.78, 5) is 12.2. The Kier molecular flexibility index (Phi) is 6.49. The summed E-state index contributed by atoms with van der Waals surface area (Å²) in [5, 5.41) is 5.74. The van der Waals surface area contributed by atoms with Crippen molar-refractivity contribution in [2.24, 2.45) is 0 Å². The number of methoxy groups -OCH3 is 2. The highest BCUT2D eigenvalue weighted by Gasteiger charge is 2.12. The molecule has 0 aliphatic rings. The Morgan fingerprint density at radius 1 is 1.08 bits per heavy atom. The van der Waals surface area contributed by atoms with Crippen LogP contribution in [0.3, 0.4) is 0 Å². The first kappa shape index (κ1) is 17.7. The van der Waals surface area contributed by atoms with E-state index in [-0.39, 0.29) is 11.9 Å². The number of urea groups is 1. The van der Waals surface area contributed by atoms with Crippen LogP contribution in [0.4, 0.5) is 10.5 Å². The van der Waals surface area contributed by atoms with E-state index in [9.17, 15) is 4.79 Å². The standard InChI is InChI=1S/C19H24N2O3/c1-4-14(15-8-6-5-7-9-15)13-20-19(22)21-17-12-16(23-2)10-11-18(17)24-3/h5-12,14H,4,13H2,1-3H3,(H2,20,21,22)/t14-/m0/s1. The molecule has 5 heteroatoms. The number of carbonyl (C=O) groups excluding carboxylic acids is 1. The van der Waals surface area contributed by atoms with Crippen LogP contribution in [0.1, 0.15) is 24.8 Å². The van der Waals surface area contributed by atoms with Crippen molar-refractivity contribution in [2.45, 2.75) is 19.3 Å². The number of hydrogen-bond donors (Lipinski definition) is 2. The fraction of sp³-hybridized carbons (Fsp3) is 0.316. The van der Waals surface area contributed by atoms with E-state index < -0.39 is 0 Å². The van der Waals surface area contributed by atoms with Crippen LogP contribution in [0.15, 0.2) is 48.5 Å². The zero-order valence-corrected chi connectivity index (χ0v) is 14.3. The molecule has 2 rings (SSSR count). The van der Waals surface area contributed by atoms with Gasteiger partial charge in [0.25, 0.3) is 0 Å². The van der Waals surface area contributed by atoms with Gasteiger partial charge in [0, 0.05) is 18.5 Å². The second kappa shape index (κ2) is 8.82. The predicted molar refractivity (Wildman–Crippen MR) is 96.0 cm³/mol. The first-order valence-electron chi connectivity index (χ1n) is 7.99. The Morgan fingerprint density at radius 2 is 1.83 bits per heavy atom. The van der Waals surface area contributed by atoms with Crippen LogP contribution in [-0.2, 0) is 0 Å². The highest BCUT2D eigenvalue weighted by Crippen LogP contribution is 2.28. The van der Waals surface area contributed by atoms with Crippen molar-refractivity contribution in [1.82, 2.24) is 5.32 Å². The molecule has 2 aromatic carbocycles. The summed E-state index contributed by atoms with van der Waals surface area (Å²) in [5.74, 6) is 1.52. The Labute approximate surface area is 143 Å². The van der Waals surface area contributed by atoms with Gasteiger partial charge in [0.05, 0.1) is 19.9 Å². The molecule has 2 amide bonds. The van der Waals surface area contributed by atoms with Crippen molar-refractivity contribution in [1.29, 1.82) is 0 Å². The van der Waals surface area contributed by atoms with Crippen LogP contribution in [0.25, 0.3) is 0 Å². The number of amides is 2. The molecule has 0 aliphatic carbocycles. The molecule has 24 heavy (non-hydrogen) atoms. The number of anilines is 1. The Hall–Kier alpha value is -2.69. The fourth-order valence-corrected chi connectivity index (χ4v) is 2.52. The number of rotatable bonds is 7. The van der Waals surface area contributed by atoms with E-state index >= 15 is 0 Å². The maximum atomic E-state index is 12.2. The van der Waals surface area contributed by atoms with Gasteiger partial charge in [-0.15, -0.1) is 0 Å². The van der Waals surface area contributed by atoms with Gasteiger partial charge in [-0.05, 0) is 24.1 Å². The zero-order chi connectivity index (χ0) is 17.4. The smallest absolute Gasteiger partial charge is 0.319 e. The van der Waals surface area contributed by atoms with Gasteiger partial charge in [-0.25, -0.2) is 4.79 Å². The molecule has 0 saturated carbocycles. The molecule has 0 heterocycles. The van der Waals surface area contributed by atoms with Crippen LogP contribution in [0.2, 0.25) is 0 Å². The first-order valence-corrected chi connectivity index (χ1v) is 7.99. The quantitative estimate of drug-likeness (QED) is 0.807. The largest absolute Gasteiger partial charge is 0.497 e. The van der Waals surface area contributed by atoms with E-state index in [1.54, 1.807) is 32.4 Å². The van der Waals surface area contributed by atoms with Gasteiger partial charge in [-0.2, -0.15) is 0 Å². The molecule has 0 radical (unpaired) electrons. The van der Waals surface area contributed by atoms with Crippen LogP contribution in [-0.4, -0.2) is 26.8 Å². The van der Waals surface area contributed by atoms with E-state index in [1.165, 1.54) is 5.56 Å². The summed E-state index contributed by atoms with van der Waals surface area (Å²) in [6, 6.07) is 15.2. The second-order valence-corrected chi connectivity index (χ2v) is 5.42. The highest BCUT2D eigenvalue weighted by atomic mass is 16.5. The van der Waals surface area contributed by atoms with Crippen LogP contribution in [0, 0.1) is 0 Å². The van der Waals surface area contributed by atoms with E-state index in [1.807, 2.05) is 18.2 Å². The lowest BCUT2D eigenvalue weighted by molar-refractivity contribution is 0.251. The maximum absolute atomic E-state index is 12.2. The summed E-state index contributed by atoms with van der Waals surface area (Å²) < 4.78 is 10.4. The van der Waals surface area contributed by atoms with Crippen molar-refractivity contribution in [3.63, 3.8) is 0 Å². The molecule has 0 saturated heterocycles. The number of benzene rings is 2. The Bertz CT molecular complexity index is 659. The van der Waals surface area contributed by atoms with Gasteiger partial charge in [-0.3, -0.25) is 0 Å². The average Bonchev–Trinajstić information content (AvgIpc) is 2.63. The third kappa shape index (κ3) is 4.65. The minimum Gasteiger partial charge on any atom is -0.497 e. The van der Waals surface area contributed by atoms with Crippen molar-refractivity contribution < 1.29 is 14.3 Å². The van der Waals surface area contributed by atoms with Gasteiger partial charge in [-0.1, -0.05) is 37.3 Å². The zero-order valence-electron chi connectivity index (χ0n) is 14.3. The van der Waals surface area contributed by atoms with E-state index in [4.69, 9.17) is 9.47 Å². The minimum absolute atomic E-state index is 0.268. The maximum Gasteiger partial charge on any atom is 0.319 e. The van der Waals surface area contributed by atoms with Gasteiger partial charge in [0.15, 0.2) is 0 Å². The first-order chi connectivity index (χ1) is 11.7. The van der Waals surface area contributed by atoms with Crippen molar-refractivity contribution in [2.75, 3.05) is 26.1 Å². The third-order valence-corrected chi connectivity index (χ3v) is 3.93. The minimum atomic E-state index is -0.268. The average molecular weight is 328 g/mol. The van der Waals surface area contributed by atoms with Gasteiger partial charge in [0.1, 0.15) is 11.5 Å². The van der Waals surface area contributed by atoms with E-state index in [0.29, 0.717) is 23.7 Å². The number of hydrogen-bond acceptors (Lipinski definition) is 3. The molecule has 0 fully saturated rings. The van der Waals surface area contributed by atoms with Crippen molar-refractivity contribution in [3.8, 4) is 11.5 Å². The lowest BCUT2D eigenvalue weighted by Gasteiger charge is -2.17. The molecular formula is C19H24N2O3. The molecule has 0 spiro atoms. The molecule has 5 nitrogen and oxygen atoms in total. The van der Waals surface area contributed by atoms with Gasteiger partial charge < -0.3 is 20.1 Å². The molecular weight excluding hydrogens is 304 g/mol.